The summed E-state index contributed by atoms with van der Waals surface area (Å²) in [5.74, 6) is -4.31. The molecule has 1 saturated heterocycles. The van der Waals surface area contributed by atoms with Gasteiger partial charge >= 0.3 is 5.97 Å². The molecule has 12 heteroatoms. The van der Waals surface area contributed by atoms with Crippen molar-refractivity contribution in [3.63, 3.8) is 0 Å². The molecular formula is C46H62F2N4O6. The zero-order chi connectivity index (χ0) is 42.2. The molecule has 2 heterocycles. The highest BCUT2D eigenvalue weighted by Gasteiger charge is 2.40. The largest absolute Gasteiger partial charge is 0.416 e. The number of aromatic nitrogens is 1. The summed E-state index contributed by atoms with van der Waals surface area (Å²) in [6, 6.07) is 9.67. The quantitative estimate of drug-likeness (QED) is 0.0626. The monoisotopic (exact) mass is 804 g/mol. The Labute approximate surface area is 342 Å². The molecule has 3 atom stereocenters. The summed E-state index contributed by atoms with van der Waals surface area (Å²) in [6.07, 6.45) is 16.7. The summed E-state index contributed by atoms with van der Waals surface area (Å²) in [6.45, 7) is 8.40. The van der Waals surface area contributed by atoms with Gasteiger partial charge in [-0.2, -0.15) is 0 Å². The Morgan fingerprint density at radius 3 is 2.16 bits per heavy atom. The number of likely N-dealkylation sites (N-methyl/N-ethyl adjacent to an activating group) is 1. The van der Waals surface area contributed by atoms with Crippen molar-refractivity contribution in [2.24, 2.45) is 5.92 Å². The van der Waals surface area contributed by atoms with Crippen LogP contribution < -0.4 is 20.8 Å². The number of nitrogens with one attached hydrogen (secondary N) is 2. The highest BCUT2D eigenvalue weighted by molar-refractivity contribution is 5.97. The van der Waals surface area contributed by atoms with E-state index in [2.05, 4.69) is 29.4 Å². The van der Waals surface area contributed by atoms with Gasteiger partial charge in [-0.25, -0.2) is 13.6 Å². The van der Waals surface area contributed by atoms with Gasteiger partial charge in [0.15, 0.2) is 6.29 Å². The molecule has 0 radical (unpaired) electrons. The fourth-order valence-electron chi connectivity index (χ4n) is 7.74. The number of hydrogen-bond donors (Lipinski definition) is 2. The van der Waals surface area contributed by atoms with Crippen LogP contribution in [0.15, 0.2) is 53.5 Å². The maximum atomic E-state index is 14.5. The highest BCUT2D eigenvalue weighted by Crippen LogP contribution is 2.37. The van der Waals surface area contributed by atoms with Crippen LogP contribution in [0.3, 0.4) is 0 Å². The summed E-state index contributed by atoms with van der Waals surface area (Å²) in [4.78, 5) is 69.7. The van der Waals surface area contributed by atoms with Crippen molar-refractivity contribution in [3.8, 4) is 5.75 Å². The van der Waals surface area contributed by atoms with Crippen LogP contribution in [-0.2, 0) is 23.4 Å². The van der Waals surface area contributed by atoms with Crippen LogP contribution in [0.25, 0.3) is 0 Å². The number of rotatable bonds is 21. The molecule has 0 saturated carbocycles. The van der Waals surface area contributed by atoms with Crippen molar-refractivity contribution in [2.45, 2.75) is 142 Å². The molecule has 1 fully saturated rings. The van der Waals surface area contributed by atoms with Crippen molar-refractivity contribution in [1.29, 1.82) is 0 Å². The van der Waals surface area contributed by atoms with Gasteiger partial charge in [0, 0.05) is 49.9 Å². The maximum absolute atomic E-state index is 14.5. The minimum Gasteiger partial charge on any atom is -0.416 e. The van der Waals surface area contributed by atoms with Gasteiger partial charge in [0.1, 0.15) is 22.9 Å². The molecule has 2 amide bonds. The number of carbonyl (C=O) groups is 4. The first kappa shape index (κ1) is 46.0. The average Bonchev–Trinajstić information content (AvgIpc) is 3.30. The lowest BCUT2D eigenvalue weighted by molar-refractivity contribution is -0.121. The van der Waals surface area contributed by atoms with E-state index in [1.165, 1.54) is 69.7 Å². The summed E-state index contributed by atoms with van der Waals surface area (Å²) < 4.78 is 35.4. The van der Waals surface area contributed by atoms with Crippen molar-refractivity contribution >= 4 is 24.1 Å². The van der Waals surface area contributed by atoms with Crippen LogP contribution in [0, 0.1) is 17.6 Å². The van der Waals surface area contributed by atoms with Gasteiger partial charge < -0.3 is 24.8 Å². The van der Waals surface area contributed by atoms with Crippen LogP contribution in [0.2, 0.25) is 0 Å². The molecule has 3 aromatic rings. The molecule has 0 aliphatic carbocycles. The van der Waals surface area contributed by atoms with E-state index < -0.39 is 45.8 Å². The zero-order valence-electron chi connectivity index (χ0n) is 35.0. The molecular weight excluding hydrogens is 743 g/mol. The number of nitrogens with zero attached hydrogens (tertiary/aromatic N) is 2. The smallest absolute Gasteiger partial charge is 0.344 e. The number of esters is 1. The molecule has 1 aliphatic heterocycles. The number of hydrogen-bond acceptors (Lipinski definition) is 7. The van der Waals surface area contributed by atoms with Gasteiger partial charge in [-0.05, 0) is 63.8 Å². The van der Waals surface area contributed by atoms with Crippen molar-refractivity contribution < 1.29 is 32.7 Å². The molecule has 2 N–H and O–H groups in total. The molecule has 10 nitrogen and oxygen atoms in total. The SMILES string of the molecule is CCCCCCCCCCCCCC(=O)NCc1ccccc1C(=O)Oc1c(C=O)n(C2(C)CN(C)C(C)CCC2C)cc(C(=O)NCc2ccc(F)cc2F)c1=O. The molecule has 1 aromatic heterocycles. The number of pyridine rings is 1. The molecule has 4 rings (SSSR count). The van der Waals surface area contributed by atoms with Crippen molar-refractivity contribution in [1.82, 2.24) is 20.1 Å². The van der Waals surface area contributed by atoms with Gasteiger partial charge in [0.25, 0.3) is 5.91 Å². The third-order valence-electron chi connectivity index (χ3n) is 11.9. The first-order valence-corrected chi connectivity index (χ1v) is 21.0. The predicted octanol–water partition coefficient (Wildman–Crippen LogP) is 8.87. The number of benzene rings is 2. The van der Waals surface area contributed by atoms with E-state index in [1.54, 1.807) is 22.8 Å². The lowest BCUT2D eigenvalue weighted by atomic mass is 9.83. The van der Waals surface area contributed by atoms with Crippen molar-refractivity contribution in [3.05, 3.63) is 98.5 Å². The minimum atomic E-state index is -1.01. The Morgan fingerprint density at radius 1 is 0.862 bits per heavy atom. The van der Waals surface area contributed by atoms with E-state index in [1.807, 2.05) is 20.9 Å². The summed E-state index contributed by atoms with van der Waals surface area (Å²) in [5.41, 5.74) is -1.98. The van der Waals surface area contributed by atoms with Crippen LogP contribution in [0.4, 0.5) is 8.78 Å². The van der Waals surface area contributed by atoms with Gasteiger partial charge in [0.2, 0.25) is 17.1 Å². The molecule has 0 spiro atoms. The molecule has 2 aromatic carbocycles. The summed E-state index contributed by atoms with van der Waals surface area (Å²) in [7, 11) is 1.96. The van der Waals surface area contributed by atoms with Crippen LogP contribution in [-0.4, -0.2) is 53.2 Å². The topological polar surface area (TPSA) is 127 Å². The maximum Gasteiger partial charge on any atom is 0.344 e. The number of likely N-dealkylation sites (tertiary alicyclic amines) is 1. The van der Waals surface area contributed by atoms with Crippen LogP contribution in [0.5, 0.6) is 5.75 Å². The number of unbranched alkanes of at least 4 members (excludes halogenated alkanes) is 10. The Kier molecular flexibility index (Phi) is 17.8. The normalized spacial score (nSPS) is 18.3. The van der Waals surface area contributed by atoms with Crippen LogP contribution in [0.1, 0.15) is 160 Å². The Hall–Kier alpha value is -4.71. The molecule has 316 valence electrons. The first-order valence-electron chi connectivity index (χ1n) is 21.0. The predicted molar refractivity (Wildman–Crippen MR) is 222 cm³/mol. The second-order valence-corrected chi connectivity index (χ2v) is 16.2. The van der Waals surface area contributed by atoms with Crippen molar-refractivity contribution in [2.75, 3.05) is 13.6 Å². The number of carbonyl (C=O) groups excluding carboxylic acids is 4. The van der Waals surface area contributed by atoms with E-state index >= 15 is 0 Å². The minimum absolute atomic E-state index is 0.00583. The lowest BCUT2D eigenvalue weighted by Crippen LogP contribution is -2.48. The van der Waals surface area contributed by atoms with Crippen LogP contribution >= 0.6 is 0 Å². The highest BCUT2D eigenvalue weighted by atomic mass is 19.1. The number of ether oxygens (including phenoxy) is 1. The zero-order valence-corrected chi connectivity index (χ0v) is 35.0. The lowest BCUT2D eigenvalue weighted by Gasteiger charge is -2.40. The van der Waals surface area contributed by atoms with Gasteiger partial charge in [-0.15, -0.1) is 0 Å². The van der Waals surface area contributed by atoms with Gasteiger partial charge in [-0.3, -0.25) is 19.2 Å². The van der Waals surface area contributed by atoms with E-state index in [0.29, 0.717) is 30.9 Å². The Balaban J connectivity index is 1.53. The molecule has 1 aliphatic rings. The van der Waals surface area contributed by atoms with E-state index in [-0.39, 0.29) is 47.8 Å². The number of aldehydes is 1. The average molecular weight is 805 g/mol. The number of halogens is 2. The third-order valence-corrected chi connectivity index (χ3v) is 11.9. The van der Waals surface area contributed by atoms with Gasteiger partial charge in [0.05, 0.1) is 11.1 Å². The fraction of sp³-hybridized carbons (Fsp3) is 0.543. The van der Waals surface area contributed by atoms with E-state index in [4.69, 9.17) is 4.74 Å². The third kappa shape index (κ3) is 12.4. The Morgan fingerprint density at radius 2 is 1.50 bits per heavy atom. The Bertz CT molecular complexity index is 1930. The second kappa shape index (κ2) is 22.4. The second-order valence-electron chi connectivity index (χ2n) is 16.2. The molecule has 58 heavy (non-hydrogen) atoms. The van der Waals surface area contributed by atoms with E-state index in [9.17, 15) is 32.8 Å². The standard InChI is InChI=1S/C46H62F2N4O6/c1-6-7-8-9-10-11-12-13-14-15-16-21-41(54)49-27-34-19-17-18-20-37(34)45(57)58-43-40(30-53)52(46(4)31-51(5)33(3)23-22-32(46)2)29-38(42(43)55)44(56)50-28-35-24-25-36(47)26-39(35)48/h17-20,24-26,29-30,32-33H,6-16,21-23,27-28,31H2,1-5H3,(H,49,54)(H,50,56). The molecule has 3 unspecified atom stereocenters. The van der Waals surface area contributed by atoms with E-state index in [0.717, 1.165) is 38.2 Å². The summed E-state index contributed by atoms with van der Waals surface area (Å²) in [5, 5.41) is 5.42. The number of amides is 2. The fourth-order valence-corrected chi connectivity index (χ4v) is 7.74. The first-order chi connectivity index (χ1) is 27.8. The van der Waals surface area contributed by atoms with Gasteiger partial charge in [-0.1, -0.05) is 102 Å². The summed E-state index contributed by atoms with van der Waals surface area (Å²) >= 11 is 0. The molecule has 0 bridgehead atoms.